The van der Waals surface area contributed by atoms with Gasteiger partial charge in [0, 0.05) is 18.3 Å². The molecule has 0 unspecified atom stereocenters. The van der Waals surface area contributed by atoms with E-state index in [1.54, 1.807) is 24.3 Å². The van der Waals surface area contributed by atoms with Crippen LogP contribution in [0.25, 0.3) is 0 Å². The molecule has 2 amide bonds. The summed E-state index contributed by atoms with van der Waals surface area (Å²) in [4.78, 5) is 39.7. The molecule has 0 radical (unpaired) electrons. The van der Waals surface area contributed by atoms with Crippen LogP contribution in [0.15, 0.2) is 71.8 Å². The first-order valence-electron chi connectivity index (χ1n) is 10.4. The molecule has 0 spiro atoms. The number of pyridine rings is 1. The molecule has 11 heteroatoms. The number of nitrogens with zero attached hydrogens (tertiary/aromatic N) is 1. The first-order valence-corrected chi connectivity index (χ1v) is 11.9. The van der Waals surface area contributed by atoms with E-state index in [0.29, 0.717) is 23.5 Å². The Hall–Kier alpha value is -4.25. The van der Waals surface area contributed by atoms with Crippen molar-refractivity contribution in [1.82, 2.24) is 15.0 Å². The van der Waals surface area contributed by atoms with Crippen LogP contribution in [-0.4, -0.2) is 44.9 Å². The summed E-state index contributed by atoms with van der Waals surface area (Å²) < 4.78 is 37.0. The fraction of sp³-hybridized carbons (Fsp3) is 0.167. The summed E-state index contributed by atoms with van der Waals surface area (Å²) in [7, 11) is -2.96. The lowest BCUT2D eigenvalue weighted by Gasteiger charge is -2.09. The second-order valence-electron chi connectivity index (χ2n) is 7.14. The number of methoxy groups -OCH3 is 1. The molecule has 35 heavy (non-hydrogen) atoms. The molecule has 182 valence electrons. The number of sulfonamides is 1. The molecule has 0 aliphatic heterocycles. The quantitative estimate of drug-likeness (QED) is 0.429. The second kappa shape index (κ2) is 11.3. The van der Waals surface area contributed by atoms with E-state index in [1.807, 2.05) is 11.6 Å². The molecule has 0 fully saturated rings. The molecule has 2 aromatic carbocycles. The van der Waals surface area contributed by atoms with E-state index in [1.165, 1.54) is 43.5 Å². The van der Waals surface area contributed by atoms with Crippen LogP contribution in [0.3, 0.4) is 0 Å². The maximum atomic E-state index is 12.6. The summed E-state index contributed by atoms with van der Waals surface area (Å²) in [6.07, 6.45) is 1.08. The zero-order chi connectivity index (χ0) is 25.4. The maximum absolute atomic E-state index is 12.6. The van der Waals surface area contributed by atoms with Gasteiger partial charge in [-0.2, -0.15) is 0 Å². The topological polar surface area (TPSA) is 141 Å². The highest BCUT2D eigenvalue weighted by atomic mass is 32.2. The molecule has 10 nitrogen and oxygen atoms in total. The van der Waals surface area contributed by atoms with Crippen LogP contribution in [-0.2, 0) is 21.3 Å². The van der Waals surface area contributed by atoms with Gasteiger partial charge >= 0.3 is 5.97 Å². The number of esters is 1. The van der Waals surface area contributed by atoms with Gasteiger partial charge in [0.05, 0.1) is 24.2 Å². The number of carbonyl (C=O) groups is 3. The van der Waals surface area contributed by atoms with Crippen LogP contribution in [0.5, 0.6) is 5.75 Å². The second-order valence-corrected chi connectivity index (χ2v) is 8.82. The highest BCUT2D eigenvalue weighted by molar-refractivity contribution is 7.90. The van der Waals surface area contributed by atoms with E-state index in [-0.39, 0.29) is 28.6 Å². The number of nitrogens with one attached hydrogen (secondary N) is 2. The van der Waals surface area contributed by atoms with Crippen molar-refractivity contribution in [2.45, 2.75) is 18.4 Å². The number of hydrogen-bond acceptors (Lipinski definition) is 8. The predicted molar refractivity (Wildman–Crippen MR) is 125 cm³/mol. The molecular weight excluding hydrogens is 474 g/mol. The first kappa shape index (κ1) is 25.4. The number of amides is 2. The summed E-state index contributed by atoms with van der Waals surface area (Å²) >= 11 is 0. The van der Waals surface area contributed by atoms with E-state index < -0.39 is 21.9 Å². The Kier molecular flexibility index (Phi) is 8.16. The SMILES string of the molecule is CCOc1ccc(C(=O)NCc2ccc(S(=O)(=O)NC(=O)c3ccc(C(=O)OC)nc3)cc2)cc1. The van der Waals surface area contributed by atoms with Gasteiger partial charge in [-0.25, -0.2) is 22.9 Å². The van der Waals surface area contributed by atoms with Crippen molar-refractivity contribution < 1.29 is 32.3 Å². The summed E-state index contributed by atoms with van der Waals surface area (Å²) in [5, 5.41) is 2.76. The van der Waals surface area contributed by atoms with Gasteiger partial charge in [-0.15, -0.1) is 0 Å². The summed E-state index contributed by atoms with van der Waals surface area (Å²) in [5.41, 5.74) is 1.06. The van der Waals surface area contributed by atoms with Crippen molar-refractivity contribution in [2.24, 2.45) is 0 Å². The molecule has 1 aromatic heterocycles. The average Bonchev–Trinajstić information content (AvgIpc) is 2.87. The molecule has 2 N–H and O–H groups in total. The molecule has 0 aliphatic rings. The van der Waals surface area contributed by atoms with E-state index in [4.69, 9.17) is 4.74 Å². The van der Waals surface area contributed by atoms with Gasteiger partial charge in [-0.05, 0) is 61.0 Å². The maximum Gasteiger partial charge on any atom is 0.356 e. The van der Waals surface area contributed by atoms with Gasteiger partial charge in [0.15, 0.2) is 0 Å². The predicted octanol–water partition coefficient (Wildman–Crippen LogP) is 2.32. The Morgan fingerprint density at radius 1 is 0.886 bits per heavy atom. The minimum Gasteiger partial charge on any atom is -0.494 e. The average molecular weight is 498 g/mol. The van der Waals surface area contributed by atoms with Crippen LogP contribution in [0.4, 0.5) is 0 Å². The van der Waals surface area contributed by atoms with Crippen LogP contribution < -0.4 is 14.8 Å². The fourth-order valence-corrected chi connectivity index (χ4v) is 3.91. The summed E-state index contributed by atoms with van der Waals surface area (Å²) in [6.45, 7) is 2.58. The normalized spacial score (nSPS) is 10.8. The zero-order valence-electron chi connectivity index (χ0n) is 19.0. The Bertz CT molecular complexity index is 1300. The smallest absolute Gasteiger partial charge is 0.356 e. The molecule has 1 heterocycles. The van der Waals surface area contributed by atoms with E-state index in [9.17, 15) is 22.8 Å². The van der Waals surface area contributed by atoms with E-state index in [0.717, 1.165) is 6.20 Å². The molecule has 0 atom stereocenters. The largest absolute Gasteiger partial charge is 0.494 e. The lowest BCUT2D eigenvalue weighted by molar-refractivity contribution is 0.0593. The molecule has 0 aliphatic carbocycles. The Balaban J connectivity index is 1.59. The number of rotatable bonds is 9. The Morgan fingerprint density at radius 3 is 2.11 bits per heavy atom. The monoisotopic (exact) mass is 497 g/mol. The minimum atomic E-state index is -4.16. The van der Waals surface area contributed by atoms with E-state index >= 15 is 0 Å². The van der Waals surface area contributed by atoms with Crippen molar-refractivity contribution in [3.63, 3.8) is 0 Å². The number of aromatic nitrogens is 1. The third kappa shape index (κ3) is 6.64. The molecule has 3 rings (SSSR count). The third-order valence-electron chi connectivity index (χ3n) is 4.76. The Labute approximate surface area is 202 Å². The summed E-state index contributed by atoms with van der Waals surface area (Å²) in [5.74, 6) is -1.20. The summed E-state index contributed by atoms with van der Waals surface area (Å²) in [6, 6.07) is 14.9. The van der Waals surface area contributed by atoms with Crippen molar-refractivity contribution in [3.8, 4) is 5.75 Å². The lowest BCUT2D eigenvalue weighted by Crippen LogP contribution is -2.30. The number of ether oxygens (including phenoxy) is 2. The molecule has 0 saturated carbocycles. The van der Waals surface area contributed by atoms with Gasteiger partial charge in [0.25, 0.3) is 21.8 Å². The van der Waals surface area contributed by atoms with Gasteiger partial charge in [-0.1, -0.05) is 12.1 Å². The van der Waals surface area contributed by atoms with Crippen LogP contribution in [0, 0.1) is 0 Å². The molecule has 0 saturated heterocycles. The molecule has 0 bridgehead atoms. The number of hydrogen-bond donors (Lipinski definition) is 2. The van der Waals surface area contributed by atoms with Crippen molar-refractivity contribution in [1.29, 1.82) is 0 Å². The Morgan fingerprint density at radius 2 is 1.54 bits per heavy atom. The highest BCUT2D eigenvalue weighted by Gasteiger charge is 2.19. The minimum absolute atomic E-state index is 0.0166. The van der Waals surface area contributed by atoms with Crippen LogP contribution >= 0.6 is 0 Å². The van der Waals surface area contributed by atoms with Gasteiger partial charge in [0.1, 0.15) is 11.4 Å². The van der Waals surface area contributed by atoms with Gasteiger partial charge in [0.2, 0.25) is 0 Å². The van der Waals surface area contributed by atoms with E-state index in [2.05, 4.69) is 15.0 Å². The first-order chi connectivity index (χ1) is 16.7. The number of carbonyl (C=O) groups excluding carboxylic acids is 3. The third-order valence-corrected chi connectivity index (χ3v) is 6.11. The standard InChI is InChI=1S/C24H23N3O7S/c1-3-34-19-9-6-17(7-10-19)22(28)26-14-16-4-11-20(12-5-16)35(31,32)27-23(29)18-8-13-21(25-15-18)24(30)33-2/h4-13,15H,3,14H2,1-2H3,(H,26,28)(H,27,29). The van der Waals surface area contributed by atoms with Crippen molar-refractivity contribution >= 4 is 27.8 Å². The van der Waals surface area contributed by atoms with Gasteiger partial charge < -0.3 is 14.8 Å². The fourth-order valence-electron chi connectivity index (χ4n) is 2.93. The zero-order valence-corrected chi connectivity index (χ0v) is 19.8. The van der Waals surface area contributed by atoms with Crippen molar-refractivity contribution in [2.75, 3.05) is 13.7 Å². The van der Waals surface area contributed by atoms with Gasteiger partial charge in [-0.3, -0.25) is 9.59 Å². The van der Waals surface area contributed by atoms with Crippen LogP contribution in [0.2, 0.25) is 0 Å². The molecule has 3 aromatic rings. The van der Waals surface area contributed by atoms with Crippen molar-refractivity contribution in [3.05, 3.63) is 89.2 Å². The lowest BCUT2D eigenvalue weighted by atomic mass is 10.2. The number of benzene rings is 2. The molecular formula is C24H23N3O7S. The van der Waals surface area contributed by atoms with Crippen LogP contribution in [0.1, 0.15) is 43.7 Å². The highest BCUT2D eigenvalue weighted by Crippen LogP contribution is 2.14.